The first kappa shape index (κ1) is 7.24. The summed E-state index contributed by atoms with van der Waals surface area (Å²) < 4.78 is 13.1. The van der Waals surface area contributed by atoms with Crippen LogP contribution in [0.3, 0.4) is 0 Å². The zero-order valence-corrected chi connectivity index (χ0v) is 6.21. The number of rotatable bonds is 1. The maximum absolute atomic E-state index is 13.1. The smallest absolute Gasteiger partial charge is 0.134 e. The van der Waals surface area contributed by atoms with Crippen LogP contribution in [0, 0.1) is 5.82 Å². The van der Waals surface area contributed by atoms with Crippen LogP contribution < -0.4 is 0 Å². The lowest BCUT2D eigenvalue weighted by atomic mass is 10.2. The molecule has 0 radical (unpaired) electrons. The Labute approximate surface area is 67.8 Å². The average molecular weight is 166 g/mol. The van der Waals surface area contributed by atoms with E-state index in [2.05, 4.69) is 10.2 Å². The van der Waals surface area contributed by atoms with Crippen LogP contribution in [0.2, 0.25) is 0 Å². The van der Waals surface area contributed by atoms with E-state index >= 15 is 0 Å². The molecule has 3 nitrogen and oxygen atoms in total. The van der Waals surface area contributed by atoms with Crippen molar-refractivity contribution in [3.05, 3.63) is 29.7 Å². The molecule has 62 valence electrons. The maximum atomic E-state index is 13.1. The fourth-order valence-corrected chi connectivity index (χ4v) is 1.16. The van der Waals surface area contributed by atoms with Crippen LogP contribution in [-0.2, 0) is 6.61 Å². The number of benzene rings is 1. The number of nitrogens with one attached hydrogen (secondary N) is 1. The van der Waals surface area contributed by atoms with Gasteiger partial charge in [0, 0.05) is 0 Å². The highest BCUT2D eigenvalue weighted by atomic mass is 19.1. The number of aliphatic hydroxyl groups is 1. The first-order chi connectivity index (χ1) is 5.81. The summed E-state index contributed by atoms with van der Waals surface area (Å²) in [5.74, 6) is -0.356. The molecule has 12 heavy (non-hydrogen) atoms. The Morgan fingerprint density at radius 2 is 2.33 bits per heavy atom. The second-order valence-corrected chi connectivity index (χ2v) is 2.57. The highest BCUT2D eigenvalue weighted by molar-refractivity contribution is 5.79. The van der Waals surface area contributed by atoms with Crippen molar-refractivity contribution in [3.8, 4) is 0 Å². The number of aromatic nitrogens is 2. The van der Waals surface area contributed by atoms with E-state index in [1.165, 1.54) is 12.3 Å². The van der Waals surface area contributed by atoms with E-state index in [-0.39, 0.29) is 12.4 Å². The molecule has 1 aromatic carbocycles. The van der Waals surface area contributed by atoms with Crippen LogP contribution >= 0.6 is 0 Å². The van der Waals surface area contributed by atoms with Gasteiger partial charge in [-0.1, -0.05) is 0 Å². The molecule has 0 bridgehead atoms. The standard InChI is InChI=1S/C8H7FN2O/c9-7-1-5(4-12)2-8-6(7)3-10-11-8/h1-3,12H,4H2,(H,10,11). The second-order valence-electron chi connectivity index (χ2n) is 2.57. The molecule has 0 saturated heterocycles. The van der Waals surface area contributed by atoms with Gasteiger partial charge in [0.15, 0.2) is 0 Å². The normalized spacial score (nSPS) is 10.8. The van der Waals surface area contributed by atoms with Crippen molar-refractivity contribution in [2.24, 2.45) is 0 Å². The highest BCUT2D eigenvalue weighted by Gasteiger charge is 2.03. The summed E-state index contributed by atoms with van der Waals surface area (Å²) in [6.07, 6.45) is 1.42. The van der Waals surface area contributed by atoms with E-state index in [0.717, 1.165) is 0 Å². The molecule has 2 rings (SSSR count). The summed E-state index contributed by atoms with van der Waals surface area (Å²) in [5, 5.41) is 15.5. The molecule has 2 aromatic rings. The molecule has 0 spiro atoms. The van der Waals surface area contributed by atoms with Crippen molar-refractivity contribution in [2.45, 2.75) is 6.61 Å². The predicted molar refractivity (Wildman–Crippen MR) is 42.0 cm³/mol. The van der Waals surface area contributed by atoms with E-state index in [0.29, 0.717) is 16.5 Å². The quantitative estimate of drug-likeness (QED) is 0.668. The van der Waals surface area contributed by atoms with Crippen molar-refractivity contribution in [1.82, 2.24) is 10.2 Å². The van der Waals surface area contributed by atoms with Gasteiger partial charge in [-0.15, -0.1) is 0 Å². The molecule has 0 fully saturated rings. The van der Waals surface area contributed by atoms with Crippen molar-refractivity contribution >= 4 is 10.9 Å². The third kappa shape index (κ3) is 0.967. The summed E-state index contributed by atoms with van der Waals surface area (Å²) in [5.41, 5.74) is 1.16. The van der Waals surface area contributed by atoms with Crippen LogP contribution in [0.5, 0.6) is 0 Å². The zero-order chi connectivity index (χ0) is 8.55. The van der Waals surface area contributed by atoms with Gasteiger partial charge in [-0.2, -0.15) is 5.10 Å². The molecule has 0 aliphatic rings. The SMILES string of the molecule is OCc1cc(F)c2cn[nH]c2c1. The predicted octanol–water partition coefficient (Wildman–Crippen LogP) is 1.19. The van der Waals surface area contributed by atoms with E-state index in [1.807, 2.05) is 0 Å². The van der Waals surface area contributed by atoms with Crippen molar-refractivity contribution in [3.63, 3.8) is 0 Å². The van der Waals surface area contributed by atoms with E-state index in [4.69, 9.17) is 5.11 Å². The molecule has 0 aliphatic carbocycles. The Kier molecular flexibility index (Phi) is 1.55. The Bertz CT molecular complexity index is 410. The number of hydrogen-bond donors (Lipinski definition) is 2. The molecule has 0 saturated carbocycles. The average Bonchev–Trinajstić information content (AvgIpc) is 2.52. The van der Waals surface area contributed by atoms with Crippen LogP contribution in [0.25, 0.3) is 10.9 Å². The van der Waals surface area contributed by atoms with Crippen LogP contribution in [0.1, 0.15) is 5.56 Å². The summed E-state index contributed by atoms with van der Waals surface area (Å²) in [6, 6.07) is 2.98. The summed E-state index contributed by atoms with van der Waals surface area (Å²) in [7, 11) is 0. The molecule has 2 N–H and O–H groups in total. The minimum Gasteiger partial charge on any atom is -0.392 e. The molecule has 1 aromatic heterocycles. The number of hydrogen-bond acceptors (Lipinski definition) is 2. The minimum atomic E-state index is -0.356. The Morgan fingerprint density at radius 1 is 1.50 bits per heavy atom. The van der Waals surface area contributed by atoms with Crippen molar-refractivity contribution < 1.29 is 9.50 Å². The summed E-state index contributed by atoms with van der Waals surface area (Å²) in [4.78, 5) is 0. The fourth-order valence-electron chi connectivity index (χ4n) is 1.16. The third-order valence-electron chi connectivity index (χ3n) is 1.75. The van der Waals surface area contributed by atoms with Gasteiger partial charge in [0.1, 0.15) is 5.82 Å². The van der Waals surface area contributed by atoms with Gasteiger partial charge in [-0.3, -0.25) is 5.10 Å². The zero-order valence-electron chi connectivity index (χ0n) is 6.21. The van der Waals surface area contributed by atoms with Gasteiger partial charge >= 0.3 is 0 Å². The molecule has 1 heterocycles. The fraction of sp³-hybridized carbons (Fsp3) is 0.125. The topological polar surface area (TPSA) is 48.9 Å². The maximum Gasteiger partial charge on any atom is 0.134 e. The third-order valence-corrected chi connectivity index (χ3v) is 1.75. The second kappa shape index (κ2) is 2.57. The van der Waals surface area contributed by atoms with Crippen molar-refractivity contribution in [1.29, 1.82) is 0 Å². The van der Waals surface area contributed by atoms with Crippen molar-refractivity contribution in [2.75, 3.05) is 0 Å². The van der Waals surface area contributed by atoms with Gasteiger partial charge < -0.3 is 5.11 Å². The summed E-state index contributed by atoms with van der Waals surface area (Å²) >= 11 is 0. The molecule has 0 atom stereocenters. The number of H-pyrrole nitrogens is 1. The molecule has 4 heteroatoms. The first-order valence-electron chi connectivity index (χ1n) is 3.53. The lowest BCUT2D eigenvalue weighted by Crippen LogP contribution is -1.85. The Hall–Kier alpha value is -1.42. The van der Waals surface area contributed by atoms with Gasteiger partial charge in [0.05, 0.1) is 23.7 Å². The van der Waals surface area contributed by atoms with E-state index < -0.39 is 0 Å². The first-order valence-corrected chi connectivity index (χ1v) is 3.53. The molecular formula is C8H7FN2O. The van der Waals surface area contributed by atoms with Crippen LogP contribution in [-0.4, -0.2) is 15.3 Å². The highest BCUT2D eigenvalue weighted by Crippen LogP contribution is 2.17. The summed E-state index contributed by atoms with van der Waals surface area (Å²) in [6.45, 7) is -0.161. The number of aliphatic hydroxyl groups excluding tert-OH is 1. The number of fused-ring (bicyclic) bond motifs is 1. The Morgan fingerprint density at radius 3 is 3.08 bits per heavy atom. The van der Waals surface area contributed by atoms with Gasteiger partial charge in [0.25, 0.3) is 0 Å². The van der Waals surface area contributed by atoms with E-state index in [9.17, 15) is 4.39 Å². The number of nitrogens with zero attached hydrogens (tertiary/aromatic N) is 1. The van der Waals surface area contributed by atoms with Gasteiger partial charge in [-0.05, 0) is 17.7 Å². The monoisotopic (exact) mass is 166 g/mol. The Balaban J connectivity index is 2.75. The van der Waals surface area contributed by atoms with E-state index in [1.54, 1.807) is 6.07 Å². The van der Waals surface area contributed by atoms with Crippen LogP contribution in [0.4, 0.5) is 4.39 Å². The van der Waals surface area contributed by atoms with Gasteiger partial charge in [-0.25, -0.2) is 4.39 Å². The number of halogens is 1. The largest absolute Gasteiger partial charge is 0.392 e. The lowest BCUT2D eigenvalue weighted by Gasteiger charge is -1.96. The molecule has 0 amide bonds. The lowest BCUT2D eigenvalue weighted by molar-refractivity contribution is 0.281. The number of aromatic amines is 1. The minimum absolute atomic E-state index is 0.161. The molecule has 0 unspecified atom stereocenters. The molecular weight excluding hydrogens is 159 g/mol. The van der Waals surface area contributed by atoms with Gasteiger partial charge in [0.2, 0.25) is 0 Å². The van der Waals surface area contributed by atoms with Crippen LogP contribution in [0.15, 0.2) is 18.3 Å². The molecule has 0 aliphatic heterocycles.